The van der Waals surface area contributed by atoms with E-state index in [4.69, 9.17) is 29.8 Å². The molecule has 2 bridgehead atoms. The Labute approximate surface area is 298 Å². The fourth-order valence-corrected chi connectivity index (χ4v) is 6.27. The molecule has 2 saturated carbocycles. The predicted molar refractivity (Wildman–Crippen MR) is 187 cm³/mol. The van der Waals surface area contributed by atoms with Crippen molar-refractivity contribution < 1.29 is 46.8 Å². The monoisotopic (exact) mass is 707 g/mol. The molecule has 0 aliphatic heterocycles. The van der Waals surface area contributed by atoms with Crippen LogP contribution >= 0.6 is 0 Å². The Morgan fingerprint density at radius 3 is 1.56 bits per heavy atom. The summed E-state index contributed by atoms with van der Waals surface area (Å²) in [6.45, 7) is 23.7. The summed E-state index contributed by atoms with van der Waals surface area (Å²) in [6, 6.07) is 8.56. The van der Waals surface area contributed by atoms with Gasteiger partial charge in [0.25, 0.3) is 0 Å². The quantitative estimate of drug-likeness (QED) is 0.337. The van der Waals surface area contributed by atoms with Crippen molar-refractivity contribution in [2.75, 3.05) is 0 Å². The third-order valence-corrected chi connectivity index (χ3v) is 8.97. The standard InChI is InChI=1S/C35H50N2O2.2C2H4O2.Co/c1-21(2)28-16-26(33(5,6)7)14-24(31(28)38)19-36-30-13-23-11-12-35(30,18-23)37-20-25-15-27(34(8,9)10)17-29(22(3)4)32(25)39;2*1-2(3)4;/h14-17,19-23,30,38-39H,11-13,18H2,1-10H3;2*1H3,(H,3,4);/q;;;+2/p-2. The van der Waals surface area contributed by atoms with Crippen LogP contribution < -0.4 is 10.2 Å². The molecule has 2 fully saturated rings. The van der Waals surface area contributed by atoms with Gasteiger partial charge in [-0.05, 0) is 103 Å². The second-order valence-corrected chi connectivity index (χ2v) is 15.8. The number of aliphatic carboxylic acids is 2. The third-order valence-electron chi connectivity index (χ3n) is 8.97. The zero-order valence-electron chi connectivity index (χ0n) is 30.9. The molecule has 9 heteroatoms. The van der Waals surface area contributed by atoms with Crippen LogP contribution in [0, 0.1) is 5.92 Å². The van der Waals surface area contributed by atoms with Crippen molar-refractivity contribution in [3.63, 3.8) is 0 Å². The Hall–Kier alpha value is -3.17. The number of nitrogens with zero attached hydrogens (tertiary/aromatic N) is 2. The molecule has 48 heavy (non-hydrogen) atoms. The first kappa shape index (κ1) is 42.8. The first-order chi connectivity index (χ1) is 21.5. The van der Waals surface area contributed by atoms with Gasteiger partial charge in [-0.15, -0.1) is 0 Å². The van der Waals surface area contributed by atoms with Gasteiger partial charge in [0.2, 0.25) is 0 Å². The number of phenols is 2. The first-order valence-corrected chi connectivity index (χ1v) is 16.7. The molecule has 267 valence electrons. The number of hydrogen-bond donors (Lipinski definition) is 2. The molecule has 8 nitrogen and oxygen atoms in total. The van der Waals surface area contributed by atoms with Crippen LogP contribution in [0.1, 0.15) is 154 Å². The maximum atomic E-state index is 11.2. The average Bonchev–Trinajstić information content (AvgIpc) is 3.48. The van der Waals surface area contributed by atoms with Crippen LogP contribution in [0.3, 0.4) is 0 Å². The van der Waals surface area contributed by atoms with E-state index >= 15 is 0 Å². The number of carboxylic acids is 2. The molecule has 2 N–H and O–H groups in total. The van der Waals surface area contributed by atoms with Crippen molar-refractivity contribution in [2.24, 2.45) is 15.9 Å². The second-order valence-electron chi connectivity index (χ2n) is 15.8. The Morgan fingerprint density at radius 2 is 1.21 bits per heavy atom. The summed E-state index contributed by atoms with van der Waals surface area (Å²) in [5.74, 6) is -0.399. The number of carbonyl (C=O) groups excluding carboxylic acids is 2. The number of carboxylic acid groups (broad SMARTS) is 2. The molecule has 2 aromatic rings. The zero-order valence-corrected chi connectivity index (χ0v) is 31.9. The van der Waals surface area contributed by atoms with Crippen LogP contribution in [0.4, 0.5) is 0 Å². The minimum atomic E-state index is -1.08. The Balaban J connectivity index is 0.00000115. The minimum absolute atomic E-state index is 0. The van der Waals surface area contributed by atoms with E-state index in [1.165, 1.54) is 17.5 Å². The molecule has 2 aromatic carbocycles. The summed E-state index contributed by atoms with van der Waals surface area (Å²) in [5.41, 5.74) is 5.68. The van der Waals surface area contributed by atoms with Gasteiger partial charge in [0.1, 0.15) is 11.5 Å². The number of phenolic OH excluding ortho intramolecular Hbond substituents is 2. The van der Waals surface area contributed by atoms with Crippen molar-refractivity contribution in [2.45, 2.75) is 143 Å². The van der Waals surface area contributed by atoms with E-state index in [1.807, 2.05) is 12.4 Å². The van der Waals surface area contributed by atoms with Gasteiger partial charge in [0.05, 0.1) is 11.6 Å². The number of rotatable bonds is 6. The van der Waals surface area contributed by atoms with Crippen molar-refractivity contribution in [3.8, 4) is 11.5 Å². The van der Waals surface area contributed by atoms with Crippen molar-refractivity contribution in [1.29, 1.82) is 0 Å². The van der Waals surface area contributed by atoms with Gasteiger partial charge < -0.3 is 30.0 Å². The van der Waals surface area contributed by atoms with E-state index in [2.05, 4.69) is 93.5 Å². The van der Waals surface area contributed by atoms with Crippen LogP contribution in [0.5, 0.6) is 11.5 Å². The van der Waals surface area contributed by atoms with Gasteiger partial charge in [-0.3, -0.25) is 9.98 Å². The average molecular weight is 708 g/mol. The Kier molecular flexibility index (Phi) is 15.1. The smallest absolute Gasteiger partial charge is 0.550 e. The topological polar surface area (TPSA) is 145 Å². The van der Waals surface area contributed by atoms with E-state index in [9.17, 15) is 10.2 Å². The molecule has 3 unspecified atom stereocenters. The summed E-state index contributed by atoms with van der Waals surface area (Å²) in [6.07, 6.45) is 8.06. The van der Waals surface area contributed by atoms with E-state index in [0.29, 0.717) is 17.4 Å². The molecule has 2 aliphatic rings. The maximum Gasteiger partial charge on any atom is 2.00 e. The summed E-state index contributed by atoms with van der Waals surface area (Å²) in [4.78, 5) is 28.1. The Morgan fingerprint density at radius 1 is 0.812 bits per heavy atom. The van der Waals surface area contributed by atoms with Gasteiger partial charge in [-0.2, -0.15) is 0 Å². The summed E-state index contributed by atoms with van der Waals surface area (Å²) in [5, 5.41) is 40.0. The van der Waals surface area contributed by atoms with Crippen LogP contribution in [0.25, 0.3) is 0 Å². The van der Waals surface area contributed by atoms with Crippen molar-refractivity contribution in [3.05, 3.63) is 57.6 Å². The van der Waals surface area contributed by atoms with Crippen molar-refractivity contribution in [1.82, 2.24) is 0 Å². The number of aromatic hydroxyl groups is 2. The predicted octanol–water partition coefficient (Wildman–Crippen LogP) is 6.30. The van der Waals surface area contributed by atoms with Crippen LogP contribution in [-0.4, -0.2) is 46.2 Å². The second kappa shape index (κ2) is 17.0. The van der Waals surface area contributed by atoms with E-state index in [-0.39, 0.29) is 51.0 Å². The summed E-state index contributed by atoms with van der Waals surface area (Å²) < 4.78 is 0. The molecule has 3 atom stereocenters. The minimum Gasteiger partial charge on any atom is -0.550 e. The van der Waals surface area contributed by atoms with E-state index in [1.54, 1.807) is 0 Å². The fourth-order valence-electron chi connectivity index (χ4n) is 6.27. The van der Waals surface area contributed by atoms with Gasteiger partial charge in [-0.1, -0.05) is 81.4 Å². The molecular weight excluding hydrogens is 651 g/mol. The van der Waals surface area contributed by atoms with Gasteiger partial charge in [-0.25, -0.2) is 0 Å². The van der Waals surface area contributed by atoms with Crippen molar-refractivity contribution >= 4 is 24.4 Å². The molecule has 0 saturated heterocycles. The van der Waals surface area contributed by atoms with E-state index in [0.717, 1.165) is 55.4 Å². The normalized spacial score (nSPS) is 20.4. The molecule has 0 spiro atoms. The maximum absolute atomic E-state index is 11.2. The van der Waals surface area contributed by atoms with E-state index < -0.39 is 11.9 Å². The zero-order chi connectivity index (χ0) is 36.1. The number of carbonyl (C=O) groups is 2. The van der Waals surface area contributed by atoms with Crippen LogP contribution in [0.2, 0.25) is 0 Å². The molecule has 0 heterocycles. The molecule has 0 amide bonds. The largest absolute Gasteiger partial charge is 2.00 e. The molecule has 2 aliphatic carbocycles. The summed E-state index contributed by atoms with van der Waals surface area (Å²) in [7, 11) is 0. The summed E-state index contributed by atoms with van der Waals surface area (Å²) >= 11 is 0. The van der Waals surface area contributed by atoms with Gasteiger partial charge in [0, 0.05) is 35.5 Å². The number of benzene rings is 2. The van der Waals surface area contributed by atoms with Gasteiger partial charge >= 0.3 is 16.8 Å². The number of fused-ring (bicyclic) bond motifs is 2. The first-order valence-electron chi connectivity index (χ1n) is 16.7. The Bertz CT molecular complexity index is 1460. The third kappa shape index (κ3) is 11.5. The molecule has 0 aromatic heterocycles. The SMILES string of the molecule is CC(=O)[O-].CC(=O)[O-].CC(C)c1cc(C(C)(C)C)cc(C=NC2CC3CCC2(N=Cc2cc(C(C)(C)C)cc(C(C)C)c2O)C3)c1O.[Co+2]. The van der Waals surface area contributed by atoms with Crippen LogP contribution in [0.15, 0.2) is 34.3 Å². The number of hydrogen-bond acceptors (Lipinski definition) is 8. The van der Waals surface area contributed by atoms with Crippen LogP contribution in [-0.2, 0) is 37.2 Å². The molecule has 1 radical (unpaired) electrons. The number of aliphatic imine (C=N–C) groups is 2. The molecular formula is C39H56CoN2O6. The molecule has 4 rings (SSSR count). The van der Waals surface area contributed by atoms with Gasteiger partial charge in [0.15, 0.2) is 0 Å². The fraction of sp³-hybridized carbons (Fsp3) is 0.590.